The van der Waals surface area contributed by atoms with Crippen molar-refractivity contribution in [2.45, 2.75) is 32.6 Å². The topological polar surface area (TPSA) is 26.3 Å². The van der Waals surface area contributed by atoms with Gasteiger partial charge in [-0.15, -0.1) is 0 Å². The van der Waals surface area contributed by atoms with Crippen LogP contribution >= 0.6 is 0 Å². The first-order chi connectivity index (χ1) is 4.41. The fourth-order valence-corrected chi connectivity index (χ4v) is 1.29. The van der Waals surface area contributed by atoms with E-state index >= 15 is 0 Å². The van der Waals surface area contributed by atoms with Crippen LogP contribution in [0, 0.1) is 0 Å². The molecule has 0 aromatic heterocycles. The second-order valence-electron chi connectivity index (χ2n) is 1.99. The summed E-state index contributed by atoms with van der Waals surface area (Å²) in [5.41, 5.74) is 0. The Hall–Kier alpha value is 0.559. The van der Waals surface area contributed by atoms with Gasteiger partial charge in [-0.05, 0) is 0 Å². The molecule has 0 saturated carbocycles. The van der Waals surface area contributed by atoms with E-state index in [1.54, 1.807) is 0 Å². The summed E-state index contributed by atoms with van der Waals surface area (Å²) in [4.78, 5) is 0. The van der Waals surface area contributed by atoms with Gasteiger partial charge in [-0.1, -0.05) is 0 Å². The van der Waals surface area contributed by atoms with Crippen LogP contribution < -0.4 is 0 Å². The Balaban J connectivity index is 2.66. The molecule has 0 heterocycles. The van der Waals surface area contributed by atoms with Crippen molar-refractivity contribution in [2.24, 2.45) is 0 Å². The van der Waals surface area contributed by atoms with E-state index in [1.807, 2.05) is 0 Å². The van der Waals surface area contributed by atoms with Gasteiger partial charge in [-0.2, -0.15) is 0 Å². The first kappa shape index (κ1) is 9.56. The van der Waals surface area contributed by atoms with Crippen LogP contribution in [0.4, 0.5) is 0 Å². The van der Waals surface area contributed by atoms with Crippen LogP contribution in [0.25, 0.3) is 0 Å². The average molecular weight is 236 g/mol. The number of rotatable bonds is 6. The van der Waals surface area contributed by atoms with Crippen molar-refractivity contribution >= 4 is 21.5 Å². The molecule has 0 aliphatic heterocycles. The van der Waals surface area contributed by atoms with E-state index in [2.05, 4.69) is 6.92 Å². The van der Waals surface area contributed by atoms with E-state index < -0.39 is 21.5 Å². The standard InChI is InChI=1S/C6H13O.O.Sn/c1-2-3-4-5-6-7;;/h2-6H2,1H3;;/q-1;;+1. The Kier molecular flexibility index (Phi) is 9.09. The first-order valence-corrected chi connectivity index (χ1v) is 5.73. The van der Waals surface area contributed by atoms with Crippen LogP contribution in [-0.4, -0.2) is 28.1 Å². The summed E-state index contributed by atoms with van der Waals surface area (Å²) in [5, 5.41) is 0. The third-order valence-electron chi connectivity index (χ3n) is 1.16. The fourth-order valence-electron chi connectivity index (χ4n) is 0.643. The minimum atomic E-state index is -1.59. The van der Waals surface area contributed by atoms with Crippen LogP contribution in [0.1, 0.15) is 32.6 Å². The molecule has 0 aliphatic carbocycles. The van der Waals surface area contributed by atoms with Crippen molar-refractivity contribution in [3.8, 4) is 0 Å². The summed E-state index contributed by atoms with van der Waals surface area (Å²) < 4.78 is 14.7. The van der Waals surface area contributed by atoms with Crippen molar-refractivity contribution in [1.29, 1.82) is 0 Å². The molecule has 0 unspecified atom stereocenters. The predicted molar refractivity (Wildman–Crippen MR) is 36.5 cm³/mol. The van der Waals surface area contributed by atoms with Gasteiger partial charge in [0.25, 0.3) is 0 Å². The second kappa shape index (κ2) is 8.56. The summed E-state index contributed by atoms with van der Waals surface area (Å²) in [6.45, 7) is 2.89. The molecular weight excluding hydrogens is 223 g/mol. The Bertz CT molecular complexity index is 66.1. The van der Waals surface area contributed by atoms with Gasteiger partial charge in [0, 0.05) is 0 Å². The Morgan fingerprint density at radius 3 is 2.67 bits per heavy atom. The molecule has 0 saturated heterocycles. The molecule has 2 nitrogen and oxygen atoms in total. The zero-order chi connectivity index (χ0) is 6.95. The van der Waals surface area contributed by atoms with Crippen molar-refractivity contribution in [3.63, 3.8) is 0 Å². The van der Waals surface area contributed by atoms with Crippen molar-refractivity contribution < 1.29 is 6.15 Å². The predicted octanol–water partition coefficient (Wildman–Crippen LogP) is 1.55. The molecular formula is C6H13O2Sn. The van der Waals surface area contributed by atoms with Gasteiger partial charge in [0.05, 0.1) is 0 Å². The van der Waals surface area contributed by atoms with Gasteiger partial charge in [0.15, 0.2) is 0 Å². The monoisotopic (exact) mass is 237 g/mol. The molecule has 9 heavy (non-hydrogen) atoms. The second-order valence-corrected chi connectivity index (χ2v) is 3.29. The first-order valence-electron chi connectivity index (χ1n) is 3.40. The fraction of sp³-hybridized carbons (Fsp3) is 1.00. The molecule has 1 radical (unpaired) electrons. The minimum absolute atomic E-state index is 0.718. The van der Waals surface area contributed by atoms with Gasteiger partial charge in [0.1, 0.15) is 0 Å². The van der Waals surface area contributed by atoms with Crippen molar-refractivity contribution in [1.82, 2.24) is 0 Å². The van der Waals surface area contributed by atoms with E-state index in [9.17, 15) is 3.08 Å². The van der Waals surface area contributed by atoms with Gasteiger partial charge in [-0.3, -0.25) is 0 Å². The number of hydrogen-bond donors (Lipinski definition) is 0. The molecule has 0 aromatic rings. The zero-order valence-electron chi connectivity index (χ0n) is 5.85. The quantitative estimate of drug-likeness (QED) is 0.516. The van der Waals surface area contributed by atoms with Crippen LogP contribution in [0.3, 0.4) is 0 Å². The van der Waals surface area contributed by atoms with Crippen LogP contribution in [0.5, 0.6) is 0 Å². The molecule has 0 N–H and O–H groups in total. The third-order valence-corrected chi connectivity index (χ3v) is 2.08. The van der Waals surface area contributed by atoms with Crippen molar-refractivity contribution in [3.05, 3.63) is 0 Å². The molecule has 0 fully saturated rings. The molecule has 0 aliphatic rings. The maximum absolute atomic E-state index is 9.91. The van der Waals surface area contributed by atoms with E-state index in [4.69, 9.17) is 3.07 Å². The molecule has 0 atom stereocenters. The third kappa shape index (κ3) is 8.56. The van der Waals surface area contributed by atoms with E-state index in [0.717, 1.165) is 13.0 Å². The van der Waals surface area contributed by atoms with Gasteiger partial charge in [-0.25, -0.2) is 0 Å². The summed E-state index contributed by atoms with van der Waals surface area (Å²) in [7, 11) is 0. The molecule has 0 rings (SSSR count). The Morgan fingerprint density at radius 2 is 2.11 bits per heavy atom. The number of unbranched alkanes of at least 4 members (excludes halogenated alkanes) is 3. The van der Waals surface area contributed by atoms with Gasteiger partial charge in [0.2, 0.25) is 0 Å². The summed E-state index contributed by atoms with van der Waals surface area (Å²) in [6.07, 6.45) is 4.82. The summed E-state index contributed by atoms with van der Waals surface area (Å²) in [5.74, 6) is 0. The maximum atomic E-state index is 9.91. The van der Waals surface area contributed by atoms with Gasteiger partial charge >= 0.3 is 66.9 Å². The summed E-state index contributed by atoms with van der Waals surface area (Å²) >= 11 is -1.59. The number of hydrogen-bond acceptors (Lipinski definition) is 2. The van der Waals surface area contributed by atoms with Crippen LogP contribution in [-0.2, 0) is 6.15 Å². The van der Waals surface area contributed by atoms with E-state index in [0.29, 0.717) is 0 Å². The van der Waals surface area contributed by atoms with Crippen LogP contribution in [0.2, 0.25) is 0 Å². The summed E-state index contributed by atoms with van der Waals surface area (Å²) in [6, 6.07) is 0. The normalized spacial score (nSPS) is 9.44. The average Bonchev–Trinajstić information content (AvgIpc) is 1.89. The molecule has 3 heteroatoms. The molecule has 0 aromatic carbocycles. The van der Waals surface area contributed by atoms with E-state index in [1.165, 1.54) is 19.3 Å². The SMILES string of the molecule is CCCCCC[O][Sn]=[O]. The zero-order valence-corrected chi connectivity index (χ0v) is 8.71. The molecule has 0 amide bonds. The van der Waals surface area contributed by atoms with Gasteiger partial charge < -0.3 is 0 Å². The molecule has 0 spiro atoms. The van der Waals surface area contributed by atoms with E-state index in [-0.39, 0.29) is 0 Å². The van der Waals surface area contributed by atoms with Crippen molar-refractivity contribution in [2.75, 3.05) is 6.61 Å². The Labute approximate surface area is 67.1 Å². The molecule has 53 valence electrons. The van der Waals surface area contributed by atoms with Crippen LogP contribution in [0.15, 0.2) is 0 Å². The molecule has 0 bridgehead atoms. The Morgan fingerprint density at radius 1 is 1.33 bits per heavy atom.